The van der Waals surface area contributed by atoms with E-state index in [-0.39, 0.29) is 5.69 Å². The second-order valence-corrected chi connectivity index (χ2v) is 5.81. The Hall–Kier alpha value is -2.13. The van der Waals surface area contributed by atoms with Crippen molar-refractivity contribution in [3.05, 3.63) is 58.4 Å². The van der Waals surface area contributed by atoms with Gasteiger partial charge in [-0.15, -0.1) is 0 Å². The molecule has 3 rings (SSSR count). The maximum atomic E-state index is 12.8. The molecule has 0 aromatic heterocycles. The van der Waals surface area contributed by atoms with Crippen molar-refractivity contribution >= 4 is 23.1 Å². The van der Waals surface area contributed by atoms with Gasteiger partial charge in [-0.1, -0.05) is 23.9 Å². The second-order valence-electron chi connectivity index (χ2n) is 4.72. The zero-order chi connectivity index (χ0) is 15.2. The molecule has 2 aromatic carbocycles. The number of nitrogen functional groups attached to an aromatic ring is 1. The quantitative estimate of drug-likeness (QED) is 0.473. The molecule has 0 saturated carbocycles. The molecule has 0 saturated heterocycles. The van der Waals surface area contributed by atoms with Crippen LogP contribution >= 0.6 is 11.8 Å². The van der Waals surface area contributed by atoms with E-state index in [4.69, 9.17) is 12.3 Å². The summed E-state index contributed by atoms with van der Waals surface area (Å²) in [7, 11) is 0. The Balaban J connectivity index is 2.10. The number of rotatable bonds is 0. The van der Waals surface area contributed by atoms with Gasteiger partial charge in [0, 0.05) is 21.9 Å². The van der Waals surface area contributed by atoms with Crippen molar-refractivity contribution in [3.8, 4) is 0 Å². The summed E-state index contributed by atoms with van der Waals surface area (Å²) in [6, 6.07) is 7.35. The van der Waals surface area contributed by atoms with Crippen LogP contribution in [0.5, 0.6) is 0 Å². The monoisotopic (exact) mass is 306 g/mol. The number of alkyl halides is 3. The lowest BCUT2D eigenvalue weighted by Gasteiger charge is -2.22. The molecular weight excluding hydrogens is 297 g/mol. The van der Waals surface area contributed by atoms with Crippen molar-refractivity contribution < 1.29 is 13.2 Å². The molecule has 106 valence electrons. The van der Waals surface area contributed by atoms with Crippen LogP contribution in [0.2, 0.25) is 0 Å². The summed E-state index contributed by atoms with van der Waals surface area (Å²) in [5.74, 6) is 0. The van der Waals surface area contributed by atoms with Gasteiger partial charge >= 0.3 is 6.18 Å². The number of anilines is 1. The lowest BCUT2D eigenvalue weighted by atomic mass is 10.00. The third-order valence-corrected chi connectivity index (χ3v) is 4.52. The zero-order valence-corrected chi connectivity index (χ0v) is 11.5. The summed E-state index contributed by atoms with van der Waals surface area (Å²) in [5, 5.41) is 0. The molecule has 6 heteroatoms. The van der Waals surface area contributed by atoms with Gasteiger partial charge in [-0.25, -0.2) is 4.85 Å². The largest absolute Gasteiger partial charge is 0.416 e. The highest BCUT2D eigenvalue weighted by Gasteiger charge is 2.33. The highest BCUT2D eigenvalue weighted by atomic mass is 32.2. The van der Waals surface area contributed by atoms with Gasteiger partial charge in [-0.2, -0.15) is 13.2 Å². The van der Waals surface area contributed by atoms with E-state index in [1.807, 2.05) is 6.07 Å². The van der Waals surface area contributed by atoms with E-state index in [2.05, 4.69) is 4.85 Å². The molecule has 1 heterocycles. The van der Waals surface area contributed by atoms with Gasteiger partial charge in [0.15, 0.2) is 5.69 Å². The molecule has 2 N–H and O–H groups in total. The maximum Gasteiger partial charge on any atom is 0.416 e. The third-order valence-electron chi connectivity index (χ3n) is 3.34. The van der Waals surface area contributed by atoms with Crippen molar-refractivity contribution in [1.29, 1.82) is 0 Å². The number of hydrogen-bond acceptors (Lipinski definition) is 2. The van der Waals surface area contributed by atoms with Crippen molar-refractivity contribution in [2.75, 3.05) is 5.73 Å². The first-order chi connectivity index (χ1) is 9.88. The van der Waals surface area contributed by atoms with Crippen LogP contribution in [0.4, 0.5) is 24.5 Å². The van der Waals surface area contributed by atoms with Gasteiger partial charge in [0.25, 0.3) is 0 Å². The smallest absolute Gasteiger partial charge is 0.398 e. The Morgan fingerprint density at radius 3 is 2.57 bits per heavy atom. The predicted molar refractivity (Wildman–Crippen MR) is 75.5 cm³/mol. The third kappa shape index (κ3) is 2.45. The zero-order valence-electron chi connectivity index (χ0n) is 10.7. The normalized spacial score (nSPS) is 13.2. The Morgan fingerprint density at radius 2 is 1.90 bits per heavy atom. The van der Waals surface area contributed by atoms with Gasteiger partial charge in [-0.05, 0) is 29.3 Å². The molecule has 0 spiro atoms. The lowest BCUT2D eigenvalue weighted by molar-refractivity contribution is -0.137. The van der Waals surface area contributed by atoms with E-state index in [0.717, 1.165) is 28.2 Å². The van der Waals surface area contributed by atoms with Crippen molar-refractivity contribution in [2.24, 2.45) is 0 Å². The summed E-state index contributed by atoms with van der Waals surface area (Å²) in [4.78, 5) is 4.67. The number of fused-ring (bicyclic) bond motifs is 2. The molecular formula is C15H9F3N2S. The number of benzene rings is 2. The lowest BCUT2D eigenvalue weighted by Crippen LogP contribution is -2.10. The summed E-state index contributed by atoms with van der Waals surface area (Å²) < 4.78 is 38.5. The number of nitrogens with zero attached hydrogens (tertiary/aromatic N) is 1. The number of hydrogen-bond donors (Lipinski definition) is 1. The van der Waals surface area contributed by atoms with Crippen LogP contribution in [0.3, 0.4) is 0 Å². The van der Waals surface area contributed by atoms with Gasteiger partial charge in [0.1, 0.15) is 0 Å². The summed E-state index contributed by atoms with van der Waals surface area (Å²) >= 11 is 1.23. The van der Waals surface area contributed by atoms with E-state index in [1.54, 1.807) is 12.1 Å². The van der Waals surface area contributed by atoms with Crippen LogP contribution in [-0.2, 0) is 12.6 Å². The average molecular weight is 306 g/mol. The van der Waals surface area contributed by atoms with Crippen molar-refractivity contribution in [1.82, 2.24) is 0 Å². The molecule has 0 aliphatic carbocycles. The topological polar surface area (TPSA) is 30.4 Å². The van der Waals surface area contributed by atoms with Crippen LogP contribution in [0.1, 0.15) is 16.7 Å². The maximum absolute atomic E-state index is 12.8. The predicted octanol–water partition coefficient (Wildman–Crippen LogP) is 4.89. The van der Waals surface area contributed by atoms with E-state index < -0.39 is 11.7 Å². The molecule has 0 bridgehead atoms. The SMILES string of the molecule is [C-]#[N+]c1ccc2c(c1)Sc1cc(C(F)(F)F)cc(N)c1C2. The van der Waals surface area contributed by atoms with Gasteiger partial charge in [-0.3, -0.25) is 0 Å². The highest BCUT2D eigenvalue weighted by molar-refractivity contribution is 7.99. The Morgan fingerprint density at radius 1 is 1.14 bits per heavy atom. The van der Waals surface area contributed by atoms with Gasteiger partial charge < -0.3 is 5.73 Å². The summed E-state index contributed by atoms with van der Waals surface area (Å²) in [6.45, 7) is 7.00. The first-order valence-electron chi connectivity index (χ1n) is 6.06. The minimum Gasteiger partial charge on any atom is -0.398 e. The fraction of sp³-hybridized carbons (Fsp3) is 0.133. The Kier molecular flexibility index (Phi) is 3.10. The van der Waals surface area contributed by atoms with E-state index in [0.29, 0.717) is 17.0 Å². The first-order valence-corrected chi connectivity index (χ1v) is 6.88. The second kappa shape index (κ2) is 4.71. The van der Waals surface area contributed by atoms with Crippen molar-refractivity contribution in [2.45, 2.75) is 22.4 Å². The van der Waals surface area contributed by atoms with Gasteiger partial charge in [0.2, 0.25) is 0 Å². The minimum atomic E-state index is -4.41. The molecule has 2 nitrogen and oxygen atoms in total. The molecule has 1 aliphatic rings. The van der Waals surface area contributed by atoms with Crippen LogP contribution < -0.4 is 5.73 Å². The Labute approximate surface area is 123 Å². The van der Waals surface area contributed by atoms with E-state index in [9.17, 15) is 13.2 Å². The molecule has 2 aromatic rings. The average Bonchev–Trinajstić information content (AvgIpc) is 2.43. The molecule has 0 fully saturated rings. The Bertz CT molecular complexity index is 776. The number of halogens is 3. The van der Waals surface area contributed by atoms with Crippen LogP contribution in [0.25, 0.3) is 4.85 Å². The number of nitrogens with two attached hydrogens (primary N) is 1. The van der Waals surface area contributed by atoms with Crippen LogP contribution in [-0.4, -0.2) is 0 Å². The minimum absolute atomic E-state index is 0.159. The molecule has 1 aliphatic heterocycles. The fourth-order valence-corrected chi connectivity index (χ4v) is 3.46. The standard InChI is InChI=1S/C15H9F3N2S/c1-20-10-3-2-8-4-11-12(19)5-9(15(16,17)18)6-14(11)21-13(8)7-10/h2-3,5-7H,4,19H2. The molecule has 0 radical (unpaired) electrons. The van der Waals surface area contributed by atoms with Crippen LogP contribution in [0.15, 0.2) is 40.1 Å². The summed E-state index contributed by atoms with van der Waals surface area (Å²) in [6.07, 6.45) is -3.93. The highest BCUT2D eigenvalue weighted by Crippen LogP contribution is 2.45. The first kappa shape index (κ1) is 13.8. The van der Waals surface area contributed by atoms with Gasteiger partial charge in [0.05, 0.1) is 12.1 Å². The molecule has 0 amide bonds. The molecule has 0 unspecified atom stereocenters. The van der Waals surface area contributed by atoms with Crippen molar-refractivity contribution in [3.63, 3.8) is 0 Å². The molecule has 21 heavy (non-hydrogen) atoms. The van der Waals surface area contributed by atoms with Crippen LogP contribution in [0, 0.1) is 6.57 Å². The fourth-order valence-electron chi connectivity index (χ4n) is 2.27. The van der Waals surface area contributed by atoms with E-state index in [1.165, 1.54) is 11.8 Å². The molecule has 0 atom stereocenters. The van der Waals surface area contributed by atoms with E-state index >= 15 is 0 Å². The summed E-state index contributed by atoms with van der Waals surface area (Å²) in [5.41, 5.74) is 7.38.